The molecule has 0 spiro atoms. The Labute approximate surface area is 270 Å². The number of nitrogen functional groups attached to an aromatic ring is 1. The van der Waals surface area contributed by atoms with Crippen molar-refractivity contribution in [2.75, 3.05) is 44.0 Å². The molecule has 4 atom stereocenters. The van der Waals surface area contributed by atoms with E-state index in [0.717, 1.165) is 30.7 Å². The quantitative estimate of drug-likeness (QED) is 0.244. The number of aliphatic hydroxyl groups excluding tert-OH is 1. The molecular weight excluding hydrogens is 645 g/mol. The molecule has 3 aliphatic heterocycles. The number of thioether (sulfide) groups is 1. The van der Waals surface area contributed by atoms with E-state index < -0.39 is 23.3 Å². The zero-order valence-corrected chi connectivity index (χ0v) is 26.9. The van der Waals surface area contributed by atoms with Crippen molar-refractivity contribution in [1.29, 1.82) is 5.26 Å². The monoisotopic (exact) mass is 674 g/mol. The average molecular weight is 675 g/mol. The summed E-state index contributed by atoms with van der Waals surface area (Å²) in [4.78, 5) is 13.8. The van der Waals surface area contributed by atoms with E-state index in [1.165, 1.54) is 23.9 Å². The molecule has 2 saturated heterocycles. The molecule has 5 heterocycles. The Bertz CT molecular complexity index is 1900. The highest BCUT2D eigenvalue weighted by Crippen LogP contribution is 2.52. The van der Waals surface area contributed by atoms with Gasteiger partial charge in [-0.3, -0.25) is 4.90 Å². The van der Waals surface area contributed by atoms with Crippen LogP contribution in [0.5, 0.6) is 6.01 Å². The molecule has 2 aromatic carbocycles. The molecular formula is C31H30ClF3N6O2S2. The minimum absolute atomic E-state index is 0.0342. The Morgan fingerprint density at radius 3 is 2.84 bits per heavy atom. The van der Waals surface area contributed by atoms with E-state index in [4.69, 9.17) is 27.1 Å². The van der Waals surface area contributed by atoms with Crippen molar-refractivity contribution in [3.63, 3.8) is 0 Å². The highest BCUT2D eigenvalue weighted by molar-refractivity contribution is 8.00. The van der Waals surface area contributed by atoms with E-state index in [0.29, 0.717) is 35.5 Å². The van der Waals surface area contributed by atoms with Crippen molar-refractivity contribution in [1.82, 2.24) is 14.9 Å². The first-order valence-corrected chi connectivity index (χ1v) is 16.8. The van der Waals surface area contributed by atoms with Gasteiger partial charge in [0.1, 0.15) is 41.0 Å². The maximum absolute atomic E-state index is 17.1. The van der Waals surface area contributed by atoms with Gasteiger partial charge in [-0.2, -0.15) is 15.2 Å². The summed E-state index contributed by atoms with van der Waals surface area (Å²) in [5, 5.41) is 20.6. The third-order valence-electron chi connectivity index (χ3n) is 9.46. The Balaban J connectivity index is 1.48. The second-order valence-corrected chi connectivity index (χ2v) is 14.9. The molecule has 0 amide bonds. The number of hydrogen-bond acceptors (Lipinski definition) is 10. The van der Waals surface area contributed by atoms with Crippen molar-refractivity contribution in [2.45, 2.75) is 60.5 Å². The number of anilines is 2. The molecule has 2 aromatic heterocycles. The summed E-state index contributed by atoms with van der Waals surface area (Å²) in [6, 6.07) is 4.47. The van der Waals surface area contributed by atoms with Gasteiger partial charge in [-0.1, -0.05) is 17.7 Å². The Hall–Kier alpha value is -3.02. The van der Waals surface area contributed by atoms with Crippen LogP contribution in [-0.2, 0) is 0 Å². The van der Waals surface area contributed by atoms with Gasteiger partial charge in [0.25, 0.3) is 0 Å². The highest BCUT2D eigenvalue weighted by atomic mass is 35.5. The number of halogens is 4. The fourth-order valence-corrected chi connectivity index (χ4v) is 9.79. The number of hydrogen-bond donors (Lipinski definition) is 2. The smallest absolute Gasteiger partial charge is 0.319 e. The molecule has 0 aliphatic carbocycles. The standard InChI is InChI=1S/C31H30ClF3N6O2S2/c1-14-8-16(12-42)44-27-22-25(24(35)21(23(27)32)17-4-5-19(34)26-20(17)18(10-36)28(37)45-26)38-30(39-29(22)40(14)2)43-13-31-6-3-7-41(31)11-15(33)9-31/h4-5,14-16,42H,3,6-9,11-13,37H2,1-2H3/t14?,15-,16?,31+/m1/s1. The number of nitriles is 1. The lowest BCUT2D eigenvalue weighted by molar-refractivity contribution is 0.107. The van der Waals surface area contributed by atoms with Crippen LogP contribution >= 0.6 is 34.7 Å². The number of benzene rings is 2. The van der Waals surface area contributed by atoms with Crippen LogP contribution in [0.15, 0.2) is 17.0 Å². The molecule has 236 valence electrons. The van der Waals surface area contributed by atoms with Crippen molar-refractivity contribution < 1.29 is 23.0 Å². The fraction of sp³-hybridized carbons (Fsp3) is 0.452. The number of rotatable bonds is 5. The van der Waals surface area contributed by atoms with Crippen molar-refractivity contribution in [2.24, 2.45) is 0 Å². The van der Waals surface area contributed by atoms with Gasteiger partial charge in [0.15, 0.2) is 5.82 Å². The first kappa shape index (κ1) is 30.6. The molecule has 3 N–H and O–H groups in total. The largest absolute Gasteiger partial charge is 0.461 e. The van der Waals surface area contributed by atoms with Gasteiger partial charge in [-0.25, -0.2) is 13.2 Å². The predicted octanol–water partition coefficient (Wildman–Crippen LogP) is 6.53. The van der Waals surface area contributed by atoms with Gasteiger partial charge >= 0.3 is 6.01 Å². The van der Waals surface area contributed by atoms with Crippen LogP contribution in [0, 0.1) is 23.0 Å². The number of nitrogens with two attached hydrogens (primary N) is 1. The molecule has 3 aliphatic rings. The summed E-state index contributed by atoms with van der Waals surface area (Å²) in [5.74, 6) is -0.972. The van der Waals surface area contributed by atoms with Crippen LogP contribution in [0.4, 0.5) is 24.0 Å². The van der Waals surface area contributed by atoms with Crippen molar-refractivity contribution in [3.05, 3.63) is 34.4 Å². The number of nitrogens with zero attached hydrogens (tertiary/aromatic N) is 5. The first-order valence-electron chi connectivity index (χ1n) is 14.7. The number of ether oxygens (including phenoxy) is 1. The predicted molar refractivity (Wildman–Crippen MR) is 172 cm³/mol. The van der Waals surface area contributed by atoms with Crippen molar-refractivity contribution in [3.8, 4) is 23.2 Å². The van der Waals surface area contributed by atoms with Crippen LogP contribution in [0.25, 0.3) is 32.1 Å². The zero-order chi connectivity index (χ0) is 31.8. The van der Waals surface area contributed by atoms with E-state index >= 15 is 4.39 Å². The van der Waals surface area contributed by atoms with Crippen LogP contribution in [-0.4, -0.2) is 76.3 Å². The number of aliphatic hydroxyl groups is 1. The van der Waals surface area contributed by atoms with E-state index in [1.807, 2.05) is 24.9 Å². The summed E-state index contributed by atoms with van der Waals surface area (Å²) in [6.45, 7) is 3.15. The minimum atomic E-state index is -0.940. The van der Waals surface area contributed by atoms with Gasteiger partial charge in [-0.05, 0) is 44.4 Å². The molecule has 8 nitrogen and oxygen atoms in total. The van der Waals surface area contributed by atoms with E-state index in [2.05, 4.69) is 9.88 Å². The summed E-state index contributed by atoms with van der Waals surface area (Å²) < 4.78 is 52.8. The highest BCUT2D eigenvalue weighted by Gasteiger charge is 2.49. The van der Waals surface area contributed by atoms with E-state index in [1.54, 1.807) is 0 Å². The molecule has 7 rings (SSSR count). The van der Waals surface area contributed by atoms with Crippen LogP contribution in [0.3, 0.4) is 0 Å². The molecule has 2 fully saturated rings. The first-order chi connectivity index (χ1) is 21.6. The lowest BCUT2D eigenvalue weighted by Crippen LogP contribution is -2.43. The van der Waals surface area contributed by atoms with Crippen LogP contribution in [0.1, 0.15) is 38.2 Å². The Kier molecular flexibility index (Phi) is 7.72. The maximum atomic E-state index is 17.1. The molecule has 0 bridgehead atoms. The summed E-state index contributed by atoms with van der Waals surface area (Å²) in [6.07, 6.45) is 1.71. The molecule has 0 radical (unpaired) electrons. The second kappa shape index (κ2) is 11.3. The zero-order valence-electron chi connectivity index (χ0n) is 24.5. The third kappa shape index (κ3) is 4.79. The van der Waals surface area contributed by atoms with Gasteiger partial charge in [0, 0.05) is 47.2 Å². The molecule has 4 aromatic rings. The van der Waals surface area contributed by atoms with Crippen LogP contribution in [0.2, 0.25) is 5.02 Å². The second-order valence-electron chi connectivity index (χ2n) is 12.1. The topological polar surface area (TPSA) is 112 Å². The van der Waals surface area contributed by atoms with Crippen LogP contribution < -0.4 is 15.4 Å². The number of aromatic nitrogens is 2. The lowest BCUT2D eigenvalue weighted by atomic mass is 9.95. The minimum Gasteiger partial charge on any atom is -0.461 e. The number of alkyl halides is 1. The van der Waals surface area contributed by atoms with Gasteiger partial charge < -0.3 is 20.5 Å². The normalized spacial score (nSPS) is 25.0. The van der Waals surface area contributed by atoms with E-state index in [9.17, 15) is 19.1 Å². The van der Waals surface area contributed by atoms with E-state index in [-0.39, 0.29) is 72.8 Å². The summed E-state index contributed by atoms with van der Waals surface area (Å²) >= 11 is 9.29. The maximum Gasteiger partial charge on any atom is 0.319 e. The van der Waals surface area contributed by atoms with Gasteiger partial charge in [0.05, 0.1) is 32.8 Å². The molecule has 0 saturated carbocycles. The Morgan fingerprint density at radius 2 is 2.09 bits per heavy atom. The third-order valence-corrected chi connectivity index (χ3v) is 12.3. The Morgan fingerprint density at radius 1 is 1.29 bits per heavy atom. The number of thiophene rings is 1. The SMILES string of the molecule is CC1CC(CO)Sc2c(Cl)c(-c3ccc(F)c4sc(N)c(C#N)c34)c(F)c3nc(OC[C@@]45CCCN4C[C@H](F)C5)nc(c23)N1C. The molecule has 2 unspecified atom stereocenters. The van der Waals surface area contributed by atoms with Gasteiger partial charge in [0.2, 0.25) is 0 Å². The molecule has 14 heteroatoms. The lowest BCUT2D eigenvalue weighted by Gasteiger charge is -2.34. The van der Waals surface area contributed by atoms with Gasteiger partial charge in [-0.15, -0.1) is 23.1 Å². The number of fused-ring (bicyclic) bond motifs is 2. The average Bonchev–Trinajstić information content (AvgIpc) is 3.66. The fourth-order valence-electron chi connectivity index (χ4n) is 7.13. The molecule has 45 heavy (non-hydrogen) atoms. The van der Waals surface area contributed by atoms with Crippen molar-refractivity contribution >= 4 is 66.5 Å². The summed E-state index contributed by atoms with van der Waals surface area (Å²) in [7, 11) is 1.84. The summed E-state index contributed by atoms with van der Waals surface area (Å²) in [5.41, 5.74) is 5.72.